The number of hydrogen-bond donors (Lipinski definition) is 3. The Morgan fingerprint density at radius 1 is 0.327 bits per heavy atom. The number of rotatable bonds is 74. The van der Waals surface area contributed by atoms with Gasteiger partial charge in [0.1, 0.15) is 24.4 Å². The summed E-state index contributed by atoms with van der Waals surface area (Å²) in [5, 5.41) is 9.27. The molecule has 1 heterocycles. The van der Waals surface area contributed by atoms with E-state index in [1.165, 1.54) is 25.7 Å². The molecule has 4 atom stereocenters. The van der Waals surface area contributed by atoms with Gasteiger partial charge in [-0.05, 0) is 217 Å². The third-order valence-corrected chi connectivity index (χ3v) is 21.0. The number of hydrogen-bond acceptors (Lipinski definition) is 14. The lowest BCUT2D eigenvalue weighted by Crippen LogP contribution is -2.33. The molecule has 1 aromatic heterocycles. The van der Waals surface area contributed by atoms with Gasteiger partial charge in [-0.15, -0.1) is 0 Å². The van der Waals surface area contributed by atoms with E-state index in [9.17, 15) is 33.6 Å². The van der Waals surface area contributed by atoms with Crippen molar-refractivity contribution in [3.05, 3.63) is 65.0 Å². The first kappa shape index (κ1) is 97.7. The van der Waals surface area contributed by atoms with Gasteiger partial charge in [0.05, 0.1) is 0 Å². The van der Waals surface area contributed by atoms with Crippen molar-refractivity contribution in [2.45, 2.75) is 407 Å². The Hall–Kier alpha value is -5.42. The van der Waals surface area contributed by atoms with E-state index in [4.69, 9.17) is 18.9 Å². The summed E-state index contributed by atoms with van der Waals surface area (Å²) < 4.78 is 23.2. The van der Waals surface area contributed by atoms with Crippen molar-refractivity contribution in [2.24, 2.45) is 0 Å². The molecule has 1 aromatic carbocycles. The fourth-order valence-electron chi connectivity index (χ4n) is 14.0. The fraction of sp³-hybridized carbons (Fsp3) is 0.800. The van der Waals surface area contributed by atoms with E-state index in [2.05, 4.69) is 86.1 Å². The van der Waals surface area contributed by atoms with E-state index >= 15 is 0 Å². The van der Waals surface area contributed by atoms with Gasteiger partial charge in [0.25, 0.3) is 17.7 Å². The molecular weight excluding hydrogens is 1340 g/mol. The van der Waals surface area contributed by atoms with Crippen molar-refractivity contribution in [2.75, 3.05) is 58.9 Å². The summed E-state index contributed by atoms with van der Waals surface area (Å²) >= 11 is 0. The lowest BCUT2D eigenvalue weighted by atomic mass is 10.0. The maximum Gasteiger partial charge on any atom is 0.306 e. The highest BCUT2D eigenvalue weighted by atomic mass is 16.6. The molecule has 17 nitrogen and oxygen atoms in total. The number of nitrogens with zero attached hydrogens (tertiary/aromatic N) is 3. The number of carbonyl (C=O) groups is 7. The zero-order valence-corrected chi connectivity index (χ0v) is 69.6. The van der Waals surface area contributed by atoms with Crippen LogP contribution < -0.4 is 16.0 Å². The molecule has 2 aromatic rings. The van der Waals surface area contributed by atoms with Crippen LogP contribution in [0, 0.1) is 0 Å². The second kappa shape index (κ2) is 68.6. The van der Waals surface area contributed by atoms with E-state index in [0.717, 1.165) is 315 Å². The molecule has 3 N–H and O–H groups in total. The topological polar surface area (TPSA) is 212 Å². The van der Waals surface area contributed by atoms with Gasteiger partial charge < -0.3 is 44.7 Å². The highest BCUT2D eigenvalue weighted by Gasteiger charge is 2.20. The Kier molecular flexibility index (Phi) is 62.6. The minimum Gasteiger partial charge on any atom is -0.462 e. The van der Waals surface area contributed by atoms with Crippen LogP contribution in [0.4, 0.5) is 0 Å². The summed E-state index contributed by atoms with van der Waals surface area (Å²) in [5.74, 6) is -1.28. The van der Waals surface area contributed by atoms with Crippen LogP contribution in [0.25, 0.3) is 0 Å². The van der Waals surface area contributed by atoms with Crippen molar-refractivity contribution in [1.29, 1.82) is 0 Å². The average Bonchev–Trinajstić information content (AvgIpc) is 0.826. The normalized spacial score (nSPS) is 12.6. The first-order valence-corrected chi connectivity index (χ1v) is 44.3. The Morgan fingerprint density at radius 3 is 0.850 bits per heavy atom. The van der Waals surface area contributed by atoms with Crippen molar-refractivity contribution in [3.63, 3.8) is 0 Å². The summed E-state index contributed by atoms with van der Waals surface area (Å²) in [5.41, 5.74) is 1.75. The molecule has 107 heavy (non-hydrogen) atoms. The number of unbranched alkanes of at least 4 members (excludes halogenated alkanes) is 28. The highest BCUT2D eigenvalue weighted by Crippen LogP contribution is 2.21. The van der Waals surface area contributed by atoms with Gasteiger partial charge in [-0.3, -0.25) is 38.5 Å². The van der Waals surface area contributed by atoms with Crippen molar-refractivity contribution < 1.29 is 52.5 Å². The minimum atomic E-state index is -0.364. The van der Waals surface area contributed by atoms with Crippen LogP contribution in [0.1, 0.15) is 413 Å². The Bertz CT molecular complexity index is 2300. The second-order valence-corrected chi connectivity index (χ2v) is 30.6. The van der Waals surface area contributed by atoms with Gasteiger partial charge in [0.2, 0.25) is 0 Å². The summed E-state index contributed by atoms with van der Waals surface area (Å²) in [4.78, 5) is 102. The predicted molar refractivity (Wildman–Crippen MR) is 440 cm³/mol. The zero-order valence-electron chi connectivity index (χ0n) is 69.6. The third-order valence-electron chi connectivity index (χ3n) is 21.0. The highest BCUT2D eigenvalue weighted by molar-refractivity contribution is 6.04. The number of benzene rings is 1. The number of ether oxygens (including phenoxy) is 4. The Balaban J connectivity index is 2.11. The summed E-state index contributed by atoms with van der Waals surface area (Å²) in [6, 6.07) is 8.61. The first-order valence-electron chi connectivity index (χ1n) is 44.3. The predicted octanol–water partition coefficient (Wildman–Crippen LogP) is 21.4. The van der Waals surface area contributed by atoms with Gasteiger partial charge in [0.15, 0.2) is 0 Å². The monoisotopic (exact) mass is 1500 g/mol. The molecule has 614 valence electrons. The molecule has 3 amide bonds. The zero-order chi connectivity index (χ0) is 77.8. The molecule has 2 rings (SSSR count). The SMILES string of the molecule is CCCCCC(CC)OC(=O)CCCCCCCCN(CCCCCCCCC(=O)OC(CC)CCCCC)CCCNC(=O)c1cc(C(=O)NCCCN(CCCCCCCCC(=O)OC(CC)CCCCC)CCCCCCCCC(=O)OC(CC)CCCCC)cc(C(=O)NCCc2cccnc2)c1. The van der Waals surface area contributed by atoms with E-state index in [-0.39, 0.29) is 82.7 Å². The first-order chi connectivity index (χ1) is 52.2. The average molecular weight is 1500 g/mol. The van der Waals surface area contributed by atoms with Crippen LogP contribution in [0.3, 0.4) is 0 Å². The van der Waals surface area contributed by atoms with Crippen molar-refractivity contribution in [1.82, 2.24) is 30.7 Å². The van der Waals surface area contributed by atoms with Gasteiger partial charge in [-0.1, -0.05) is 216 Å². The molecular formula is C90H158N6O11. The summed E-state index contributed by atoms with van der Waals surface area (Å²) in [7, 11) is 0. The molecule has 0 spiro atoms. The van der Waals surface area contributed by atoms with Crippen LogP contribution >= 0.6 is 0 Å². The maximum absolute atomic E-state index is 14.2. The number of aromatic nitrogens is 1. The molecule has 17 heteroatoms. The minimum absolute atomic E-state index is 0.0354. The van der Waals surface area contributed by atoms with Crippen LogP contribution in [-0.4, -0.2) is 140 Å². The molecule has 4 unspecified atom stereocenters. The largest absolute Gasteiger partial charge is 0.462 e. The van der Waals surface area contributed by atoms with Crippen LogP contribution in [0.2, 0.25) is 0 Å². The second-order valence-electron chi connectivity index (χ2n) is 30.6. The fourth-order valence-corrected chi connectivity index (χ4v) is 14.0. The quantitative estimate of drug-likeness (QED) is 0.0320. The van der Waals surface area contributed by atoms with Crippen LogP contribution in [0.5, 0.6) is 0 Å². The van der Waals surface area contributed by atoms with Crippen LogP contribution in [-0.2, 0) is 44.5 Å². The smallest absolute Gasteiger partial charge is 0.306 e. The van der Waals surface area contributed by atoms with E-state index < -0.39 is 0 Å². The summed E-state index contributed by atoms with van der Waals surface area (Å²) in [6.07, 6.45) is 53.8. The van der Waals surface area contributed by atoms with E-state index in [1.807, 2.05) is 12.1 Å². The van der Waals surface area contributed by atoms with Gasteiger partial charge in [-0.2, -0.15) is 0 Å². The number of carbonyl (C=O) groups excluding carboxylic acids is 7. The molecule has 0 saturated heterocycles. The Morgan fingerprint density at radius 2 is 0.589 bits per heavy atom. The maximum atomic E-state index is 14.2. The van der Waals surface area contributed by atoms with Crippen molar-refractivity contribution >= 4 is 41.6 Å². The van der Waals surface area contributed by atoms with E-state index in [1.54, 1.807) is 30.6 Å². The number of esters is 4. The third kappa shape index (κ3) is 54.0. The molecule has 0 bridgehead atoms. The van der Waals surface area contributed by atoms with Crippen molar-refractivity contribution in [3.8, 4) is 0 Å². The van der Waals surface area contributed by atoms with Crippen LogP contribution in [0.15, 0.2) is 42.7 Å². The molecule has 0 fully saturated rings. The lowest BCUT2D eigenvalue weighted by Gasteiger charge is -2.22. The van der Waals surface area contributed by atoms with Gasteiger partial charge in [0, 0.05) is 74.4 Å². The van der Waals surface area contributed by atoms with Gasteiger partial charge >= 0.3 is 23.9 Å². The standard InChI is InChI=1S/C90H158N6O11/c1-9-17-37-53-80(13-5)104-84(97)57-41-29-21-25-33-45-66-95(67-46-34-26-22-30-42-58-85(98)105-81(14-6)54-38-18-10-2)70-50-63-92-88(101)77-72-78(74-79(73-77)90(103)94-65-61-76-52-49-62-91-75-76)89(102)93-64-51-71-96(68-47-35-27-23-31-43-59-86(99)106-82(15-7)55-39-19-11-3)69-48-36-28-24-32-44-60-87(100)107-83(16-8)56-40-20-12-4/h49,52,62,72-75,80-83H,9-48,50-51,53-61,63-71H2,1-8H3,(H,92,101)(H,93,102)(H,94,103). The molecule has 0 aliphatic carbocycles. The number of pyridine rings is 1. The van der Waals surface area contributed by atoms with E-state index in [0.29, 0.717) is 51.7 Å². The molecule has 0 aliphatic rings. The lowest BCUT2D eigenvalue weighted by molar-refractivity contribution is -0.150. The number of nitrogens with one attached hydrogen (secondary N) is 3. The summed E-state index contributed by atoms with van der Waals surface area (Å²) in [6.45, 7) is 23.9. The Labute approximate surface area is 652 Å². The number of amides is 3. The molecule has 0 radical (unpaired) electrons. The molecule has 0 aliphatic heterocycles. The molecule has 0 saturated carbocycles. The van der Waals surface area contributed by atoms with Gasteiger partial charge in [-0.25, -0.2) is 0 Å².